The van der Waals surface area contributed by atoms with Gasteiger partial charge in [0, 0.05) is 27.6 Å². The number of aliphatic hydroxyl groups excluding tert-OH is 3. The molecule has 1 rings (SSSR count). The topological polar surface area (TPSA) is 147 Å². The zero-order valence-corrected chi connectivity index (χ0v) is 17.5. The van der Waals surface area contributed by atoms with E-state index < -0.39 is 37.1 Å². The maximum absolute atomic E-state index is 12.0. The van der Waals surface area contributed by atoms with Crippen molar-refractivity contribution in [1.29, 1.82) is 0 Å². The van der Waals surface area contributed by atoms with E-state index in [1.807, 2.05) is 0 Å². The number of rotatable bonds is 13. The third-order valence-corrected chi connectivity index (χ3v) is 4.89. The van der Waals surface area contributed by atoms with Crippen LogP contribution in [0.25, 0.3) is 0 Å². The fraction of sp³-hybridized carbons (Fsp3) is 0.895. The lowest BCUT2D eigenvalue weighted by atomic mass is 9.90. The summed E-state index contributed by atoms with van der Waals surface area (Å²) >= 11 is 0. The van der Waals surface area contributed by atoms with Gasteiger partial charge in [-0.3, -0.25) is 9.59 Å². The second-order valence-electron chi connectivity index (χ2n) is 7.38. The van der Waals surface area contributed by atoms with Gasteiger partial charge in [0.25, 0.3) is 0 Å². The SMILES string of the molecule is COCC(COC)NC(=O)CCCCC[C@@H]1OC(CO)[C@H](O)[C@H](O)C1NC(C)=O. The van der Waals surface area contributed by atoms with E-state index in [0.717, 1.165) is 6.42 Å². The molecule has 5 N–H and O–H groups in total. The fourth-order valence-electron chi connectivity index (χ4n) is 3.50. The number of aliphatic hydroxyl groups is 3. The highest BCUT2D eigenvalue weighted by Crippen LogP contribution is 2.25. The molecule has 170 valence electrons. The van der Waals surface area contributed by atoms with Crippen molar-refractivity contribution in [3.05, 3.63) is 0 Å². The predicted octanol–water partition coefficient (Wildman–Crippen LogP) is -1.30. The second kappa shape index (κ2) is 13.8. The van der Waals surface area contributed by atoms with Crippen LogP contribution in [0.15, 0.2) is 0 Å². The Hall–Kier alpha value is -1.30. The van der Waals surface area contributed by atoms with Crippen LogP contribution in [-0.4, -0.2) is 97.7 Å². The third-order valence-electron chi connectivity index (χ3n) is 4.89. The van der Waals surface area contributed by atoms with Crippen LogP contribution in [0.1, 0.15) is 39.0 Å². The van der Waals surface area contributed by atoms with Gasteiger partial charge < -0.3 is 40.2 Å². The summed E-state index contributed by atoms with van der Waals surface area (Å²) in [6.45, 7) is 1.66. The molecule has 1 aliphatic rings. The van der Waals surface area contributed by atoms with Gasteiger partial charge in [0.05, 0.1) is 38.0 Å². The monoisotopic (exact) mass is 420 g/mol. The van der Waals surface area contributed by atoms with Crippen molar-refractivity contribution in [3.63, 3.8) is 0 Å². The molecule has 1 saturated heterocycles. The smallest absolute Gasteiger partial charge is 0.220 e. The van der Waals surface area contributed by atoms with Gasteiger partial charge in [-0.15, -0.1) is 0 Å². The summed E-state index contributed by atoms with van der Waals surface area (Å²) in [5.74, 6) is -0.413. The lowest BCUT2D eigenvalue weighted by Crippen LogP contribution is -2.63. The minimum absolute atomic E-state index is 0.0759. The van der Waals surface area contributed by atoms with Gasteiger partial charge in [-0.25, -0.2) is 0 Å². The first-order valence-corrected chi connectivity index (χ1v) is 10.0. The maximum atomic E-state index is 12.0. The number of carbonyl (C=O) groups excluding carboxylic acids is 2. The quantitative estimate of drug-likeness (QED) is 0.231. The predicted molar refractivity (Wildman–Crippen MR) is 104 cm³/mol. The molecule has 2 unspecified atom stereocenters. The molecule has 1 heterocycles. The number of nitrogens with one attached hydrogen (secondary N) is 2. The molecule has 0 saturated carbocycles. The number of carbonyl (C=O) groups is 2. The molecule has 29 heavy (non-hydrogen) atoms. The lowest BCUT2D eigenvalue weighted by molar-refractivity contribution is -0.196. The van der Waals surface area contributed by atoms with E-state index in [9.17, 15) is 24.9 Å². The average Bonchev–Trinajstić information content (AvgIpc) is 2.66. The Morgan fingerprint density at radius 1 is 1.03 bits per heavy atom. The van der Waals surface area contributed by atoms with Crippen LogP contribution < -0.4 is 10.6 Å². The summed E-state index contributed by atoms with van der Waals surface area (Å²) in [7, 11) is 3.13. The minimum Gasteiger partial charge on any atom is -0.394 e. The molecule has 0 aliphatic carbocycles. The van der Waals surface area contributed by atoms with Crippen molar-refractivity contribution in [3.8, 4) is 0 Å². The zero-order chi connectivity index (χ0) is 21.8. The highest BCUT2D eigenvalue weighted by Gasteiger charge is 2.44. The number of amides is 2. The summed E-state index contributed by atoms with van der Waals surface area (Å²) < 4.78 is 15.8. The van der Waals surface area contributed by atoms with Gasteiger partial charge in [-0.05, 0) is 12.8 Å². The molecule has 10 nitrogen and oxygen atoms in total. The van der Waals surface area contributed by atoms with Crippen molar-refractivity contribution >= 4 is 11.8 Å². The number of ether oxygens (including phenoxy) is 3. The van der Waals surface area contributed by atoms with Crippen LogP contribution in [0.3, 0.4) is 0 Å². The van der Waals surface area contributed by atoms with Gasteiger partial charge in [-0.2, -0.15) is 0 Å². The van der Waals surface area contributed by atoms with Crippen LogP contribution in [0.5, 0.6) is 0 Å². The van der Waals surface area contributed by atoms with Crippen molar-refractivity contribution in [2.75, 3.05) is 34.0 Å². The first kappa shape index (κ1) is 25.7. The van der Waals surface area contributed by atoms with Crippen molar-refractivity contribution in [2.24, 2.45) is 0 Å². The maximum Gasteiger partial charge on any atom is 0.220 e. The van der Waals surface area contributed by atoms with Crippen LogP contribution in [-0.2, 0) is 23.8 Å². The standard InChI is InChI=1S/C19H36N2O8/c1-12(23)20-17-14(29-15(9-22)18(25)19(17)26)7-5-4-6-8-16(24)21-13(10-27-2)11-28-3/h13-15,17-19,22,25-26H,4-11H2,1-3H3,(H,20,23)(H,21,24)/t14-,15?,17?,18-,19+/m0/s1. The van der Waals surface area contributed by atoms with E-state index in [4.69, 9.17) is 14.2 Å². The van der Waals surface area contributed by atoms with Crippen molar-refractivity contribution < 1.29 is 39.1 Å². The van der Waals surface area contributed by atoms with Crippen molar-refractivity contribution in [1.82, 2.24) is 10.6 Å². The molecule has 0 aromatic rings. The van der Waals surface area contributed by atoms with Gasteiger partial charge in [0.1, 0.15) is 18.3 Å². The first-order valence-electron chi connectivity index (χ1n) is 10.0. The summed E-state index contributed by atoms with van der Waals surface area (Å²) in [6.07, 6.45) is -0.919. The van der Waals surface area contributed by atoms with Crippen LogP contribution in [0.2, 0.25) is 0 Å². The molecule has 2 amide bonds. The van der Waals surface area contributed by atoms with E-state index in [2.05, 4.69) is 10.6 Å². The van der Waals surface area contributed by atoms with E-state index in [1.165, 1.54) is 6.92 Å². The fourth-order valence-corrected chi connectivity index (χ4v) is 3.50. The first-order chi connectivity index (χ1) is 13.8. The largest absolute Gasteiger partial charge is 0.394 e. The Kier molecular flexibility index (Phi) is 12.3. The highest BCUT2D eigenvalue weighted by molar-refractivity contribution is 5.76. The Labute approximate surface area is 171 Å². The number of hydrogen-bond donors (Lipinski definition) is 5. The lowest BCUT2D eigenvalue weighted by Gasteiger charge is -2.42. The van der Waals surface area contributed by atoms with Gasteiger partial charge in [0.2, 0.25) is 11.8 Å². The summed E-state index contributed by atoms with van der Waals surface area (Å²) in [5.41, 5.74) is 0. The van der Waals surface area contributed by atoms with E-state index in [0.29, 0.717) is 38.9 Å². The molecule has 1 fully saturated rings. The highest BCUT2D eigenvalue weighted by atomic mass is 16.5. The Balaban J connectivity index is 2.41. The molecule has 5 atom stereocenters. The molecule has 10 heteroatoms. The van der Waals surface area contributed by atoms with Gasteiger partial charge >= 0.3 is 0 Å². The average molecular weight is 421 g/mol. The zero-order valence-electron chi connectivity index (χ0n) is 17.5. The third kappa shape index (κ3) is 8.93. The summed E-state index contributed by atoms with van der Waals surface area (Å²) in [4.78, 5) is 23.4. The van der Waals surface area contributed by atoms with E-state index in [1.54, 1.807) is 14.2 Å². The molecule has 0 radical (unpaired) electrons. The number of hydrogen-bond acceptors (Lipinski definition) is 8. The van der Waals surface area contributed by atoms with Crippen LogP contribution in [0, 0.1) is 0 Å². The van der Waals surface area contributed by atoms with Crippen LogP contribution in [0.4, 0.5) is 0 Å². The summed E-state index contributed by atoms with van der Waals surface area (Å²) in [6, 6.07) is -0.938. The molecule has 0 aromatic carbocycles. The molecule has 0 spiro atoms. The number of unbranched alkanes of at least 4 members (excludes halogenated alkanes) is 2. The second-order valence-corrected chi connectivity index (χ2v) is 7.38. The Bertz CT molecular complexity index is 487. The molecule has 0 bridgehead atoms. The number of methoxy groups -OCH3 is 2. The van der Waals surface area contributed by atoms with E-state index >= 15 is 0 Å². The minimum atomic E-state index is -1.27. The normalized spacial score (nSPS) is 27.1. The molecule has 0 aromatic heterocycles. The molecular weight excluding hydrogens is 384 g/mol. The van der Waals surface area contributed by atoms with Crippen LogP contribution >= 0.6 is 0 Å². The molecular formula is C19H36N2O8. The van der Waals surface area contributed by atoms with E-state index in [-0.39, 0.29) is 17.9 Å². The summed E-state index contributed by atoms with van der Waals surface area (Å²) in [5, 5.41) is 35.1. The Morgan fingerprint density at radius 2 is 1.69 bits per heavy atom. The molecule has 1 aliphatic heterocycles. The Morgan fingerprint density at radius 3 is 2.24 bits per heavy atom. The van der Waals surface area contributed by atoms with Crippen molar-refractivity contribution in [2.45, 2.75) is 75.5 Å². The van der Waals surface area contributed by atoms with Gasteiger partial charge in [0.15, 0.2) is 0 Å². The van der Waals surface area contributed by atoms with Gasteiger partial charge in [-0.1, -0.05) is 12.8 Å².